The van der Waals surface area contributed by atoms with Gasteiger partial charge in [-0.3, -0.25) is 9.69 Å². The summed E-state index contributed by atoms with van der Waals surface area (Å²) in [6.45, 7) is 5.90. The lowest BCUT2D eigenvalue weighted by atomic mass is 10.0. The molecule has 0 spiro atoms. The molecule has 5 nitrogen and oxygen atoms in total. The number of hydrogen-bond donors (Lipinski definition) is 1. The maximum atomic E-state index is 12.6. The molecular weight excluding hydrogens is 334 g/mol. The van der Waals surface area contributed by atoms with Gasteiger partial charge in [0.25, 0.3) is 5.91 Å². The van der Waals surface area contributed by atoms with Gasteiger partial charge in [-0.25, -0.2) is 0 Å². The third-order valence-electron chi connectivity index (χ3n) is 4.22. The van der Waals surface area contributed by atoms with Crippen molar-refractivity contribution in [2.75, 3.05) is 46.4 Å². The van der Waals surface area contributed by atoms with Crippen molar-refractivity contribution in [3.05, 3.63) is 28.2 Å². The molecule has 114 valence electrons. The first-order valence-electron chi connectivity index (χ1n) is 7.26. The molecule has 0 radical (unpaired) electrons. The lowest BCUT2D eigenvalue weighted by molar-refractivity contribution is 0.0226. The summed E-state index contributed by atoms with van der Waals surface area (Å²) in [5.74, 6) is 0.785. The Morgan fingerprint density at radius 2 is 2.05 bits per heavy atom. The summed E-state index contributed by atoms with van der Waals surface area (Å²) in [5, 5.41) is 3.36. The Kier molecular flexibility index (Phi) is 4.47. The molecule has 0 unspecified atom stereocenters. The van der Waals surface area contributed by atoms with Gasteiger partial charge in [0.15, 0.2) is 0 Å². The molecule has 3 rings (SSSR count). The van der Waals surface area contributed by atoms with Crippen LogP contribution in [0.3, 0.4) is 0 Å². The zero-order chi connectivity index (χ0) is 14.8. The summed E-state index contributed by atoms with van der Waals surface area (Å²) in [7, 11) is 1.61. The van der Waals surface area contributed by atoms with Crippen LogP contribution in [0.15, 0.2) is 22.7 Å². The van der Waals surface area contributed by atoms with E-state index in [0.717, 1.165) is 43.7 Å². The first-order valence-corrected chi connectivity index (χ1v) is 8.06. The maximum Gasteiger partial charge on any atom is 0.255 e. The lowest BCUT2D eigenvalue weighted by Crippen LogP contribution is -2.63. The van der Waals surface area contributed by atoms with E-state index in [9.17, 15) is 4.79 Å². The Labute approximate surface area is 133 Å². The van der Waals surface area contributed by atoms with Crippen LogP contribution in [0.4, 0.5) is 0 Å². The maximum absolute atomic E-state index is 12.6. The zero-order valence-electron chi connectivity index (χ0n) is 12.1. The number of ether oxygens (including phenoxy) is 1. The van der Waals surface area contributed by atoms with E-state index in [1.54, 1.807) is 13.2 Å². The molecule has 0 saturated carbocycles. The monoisotopic (exact) mass is 353 g/mol. The highest BCUT2D eigenvalue weighted by atomic mass is 79.9. The predicted molar refractivity (Wildman–Crippen MR) is 84.8 cm³/mol. The van der Waals surface area contributed by atoms with E-state index in [0.29, 0.717) is 17.4 Å². The highest BCUT2D eigenvalue weighted by Crippen LogP contribution is 2.26. The highest BCUT2D eigenvalue weighted by Gasteiger charge is 2.36. The molecule has 1 aromatic carbocycles. The van der Waals surface area contributed by atoms with Gasteiger partial charge >= 0.3 is 0 Å². The highest BCUT2D eigenvalue weighted by molar-refractivity contribution is 9.10. The largest absolute Gasteiger partial charge is 0.497 e. The Hall–Kier alpha value is -1.11. The van der Waals surface area contributed by atoms with Gasteiger partial charge in [0.2, 0.25) is 0 Å². The molecule has 0 aromatic heterocycles. The Morgan fingerprint density at radius 3 is 2.71 bits per heavy atom. The van der Waals surface area contributed by atoms with E-state index in [2.05, 4.69) is 26.1 Å². The molecule has 0 atom stereocenters. The van der Waals surface area contributed by atoms with Crippen molar-refractivity contribution in [3.8, 4) is 5.75 Å². The fourth-order valence-corrected chi connectivity index (χ4v) is 3.28. The molecule has 2 saturated heterocycles. The molecule has 0 aliphatic carbocycles. The number of rotatable bonds is 3. The summed E-state index contributed by atoms with van der Waals surface area (Å²) in [6.07, 6.45) is 0. The van der Waals surface area contributed by atoms with Gasteiger partial charge < -0.3 is 15.0 Å². The standard InChI is InChI=1S/C15H20BrN3O2/c1-21-12-2-3-14(16)13(8-12)15(20)19-9-11(10-19)18-6-4-17-5-7-18/h2-3,8,11,17H,4-7,9-10H2,1H3. The lowest BCUT2D eigenvalue weighted by Gasteiger charge is -2.46. The molecule has 2 heterocycles. The van der Waals surface area contributed by atoms with E-state index in [1.165, 1.54) is 0 Å². The van der Waals surface area contributed by atoms with Crippen LogP contribution in [0, 0.1) is 0 Å². The number of methoxy groups -OCH3 is 1. The second-order valence-electron chi connectivity index (χ2n) is 5.50. The average Bonchev–Trinajstić information content (AvgIpc) is 2.47. The van der Waals surface area contributed by atoms with Crippen molar-refractivity contribution in [2.24, 2.45) is 0 Å². The number of nitrogens with zero attached hydrogens (tertiary/aromatic N) is 2. The van der Waals surface area contributed by atoms with Gasteiger partial charge in [-0.1, -0.05) is 0 Å². The van der Waals surface area contributed by atoms with Gasteiger partial charge in [-0.05, 0) is 34.1 Å². The first-order chi connectivity index (χ1) is 10.2. The fraction of sp³-hybridized carbons (Fsp3) is 0.533. The topological polar surface area (TPSA) is 44.8 Å². The number of likely N-dealkylation sites (tertiary alicyclic amines) is 1. The van der Waals surface area contributed by atoms with Crippen LogP contribution < -0.4 is 10.1 Å². The predicted octanol–water partition coefficient (Wildman–Crippen LogP) is 1.19. The van der Waals surface area contributed by atoms with Crippen molar-refractivity contribution in [3.63, 3.8) is 0 Å². The normalized spacial score (nSPS) is 20.2. The average molecular weight is 354 g/mol. The molecule has 1 aromatic rings. The molecule has 2 aliphatic rings. The van der Waals surface area contributed by atoms with Crippen molar-refractivity contribution < 1.29 is 9.53 Å². The summed E-state index contributed by atoms with van der Waals surface area (Å²) < 4.78 is 6.02. The van der Waals surface area contributed by atoms with Gasteiger partial charge in [0.05, 0.1) is 12.7 Å². The number of carbonyl (C=O) groups is 1. The number of carbonyl (C=O) groups excluding carboxylic acids is 1. The third kappa shape index (κ3) is 3.07. The molecule has 0 bridgehead atoms. The second kappa shape index (κ2) is 6.34. The van der Waals surface area contributed by atoms with E-state index < -0.39 is 0 Å². The van der Waals surface area contributed by atoms with Crippen LogP contribution in [-0.2, 0) is 0 Å². The number of halogens is 1. The van der Waals surface area contributed by atoms with Crippen LogP contribution in [0.25, 0.3) is 0 Å². The zero-order valence-corrected chi connectivity index (χ0v) is 13.7. The molecule has 2 aliphatic heterocycles. The molecule has 2 fully saturated rings. The Bertz CT molecular complexity index is 526. The van der Waals surface area contributed by atoms with Crippen molar-refractivity contribution in [1.82, 2.24) is 15.1 Å². The minimum Gasteiger partial charge on any atom is -0.497 e. The van der Waals surface area contributed by atoms with Gasteiger partial charge in [0, 0.05) is 49.8 Å². The van der Waals surface area contributed by atoms with E-state index in [4.69, 9.17) is 4.74 Å². The fourth-order valence-electron chi connectivity index (χ4n) is 2.86. The molecular formula is C15H20BrN3O2. The second-order valence-corrected chi connectivity index (χ2v) is 6.35. The van der Waals surface area contributed by atoms with Crippen LogP contribution in [0.5, 0.6) is 5.75 Å². The minimum absolute atomic E-state index is 0.0761. The van der Waals surface area contributed by atoms with Crippen molar-refractivity contribution in [2.45, 2.75) is 6.04 Å². The SMILES string of the molecule is COc1ccc(Br)c(C(=O)N2CC(N3CCNCC3)C2)c1. The van der Waals surface area contributed by atoms with Gasteiger partial charge in [0.1, 0.15) is 5.75 Å². The van der Waals surface area contributed by atoms with Crippen molar-refractivity contribution in [1.29, 1.82) is 0 Å². The Morgan fingerprint density at radius 1 is 1.33 bits per heavy atom. The summed E-state index contributed by atoms with van der Waals surface area (Å²) >= 11 is 3.45. The summed E-state index contributed by atoms with van der Waals surface area (Å²) in [5.41, 5.74) is 0.674. The summed E-state index contributed by atoms with van der Waals surface area (Å²) in [4.78, 5) is 16.9. The molecule has 1 amide bonds. The van der Waals surface area contributed by atoms with Crippen LogP contribution in [0.2, 0.25) is 0 Å². The van der Waals surface area contributed by atoms with Crippen molar-refractivity contribution >= 4 is 21.8 Å². The van der Waals surface area contributed by atoms with Crippen LogP contribution in [-0.4, -0.2) is 68.1 Å². The van der Waals surface area contributed by atoms with E-state index >= 15 is 0 Å². The number of piperazine rings is 1. The van der Waals surface area contributed by atoms with Gasteiger partial charge in [-0.2, -0.15) is 0 Å². The van der Waals surface area contributed by atoms with Crippen LogP contribution >= 0.6 is 15.9 Å². The minimum atomic E-state index is 0.0761. The Balaban J connectivity index is 1.62. The molecule has 21 heavy (non-hydrogen) atoms. The van der Waals surface area contributed by atoms with Crippen LogP contribution in [0.1, 0.15) is 10.4 Å². The first kappa shape index (κ1) is 14.8. The van der Waals surface area contributed by atoms with E-state index in [1.807, 2.05) is 17.0 Å². The summed E-state index contributed by atoms with van der Waals surface area (Å²) in [6, 6.07) is 6.02. The number of benzene rings is 1. The van der Waals surface area contributed by atoms with Gasteiger partial charge in [-0.15, -0.1) is 0 Å². The number of hydrogen-bond acceptors (Lipinski definition) is 4. The smallest absolute Gasteiger partial charge is 0.255 e. The third-order valence-corrected chi connectivity index (χ3v) is 4.91. The number of amides is 1. The number of nitrogens with one attached hydrogen (secondary N) is 1. The molecule has 1 N–H and O–H groups in total. The van der Waals surface area contributed by atoms with E-state index in [-0.39, 0.29) is 5.91 Å². The molecule has 6 heteroatoms. The quantitative estimate of drug-likeness (QED) is 0.886.